The Morgan fingerprint density at radius 3 is 2.83 bits per heavy atom. The Kier molecular flexibility index (Phi) is 6.10. The number of hydrogen-bond acceptors (Lipinski definition) is 4. The van der Waals surface area contributed by atoms with Crippen LogP contribution in [0.4, 0.5) is 0 Å². The topological polar surface area (TPSA) is 67.2 Å². The normalized spacial score (nSPS) is 18.2. The molecule has 0 aliphatic carbocycles. The molecule has 2 amide bonds. The summed E-state index contributed by atoms with van der Waals surface area (Å²) in [4.78, 5) is 30.4. The van der Waals surface area contributed by atoms with Crippen LogP contribution < -0.4 is 5.32 Å². The van der Waals surface area contributed by atoms with Gasteiger partial charge in [0.2, 0.25) is 11.8 Å². The molecule has 1 atom stereocenters. The Morgan fingerprint density at radius 1 is 1.39 bits per heavy atom. The number of imidazole rings is 1. The first-order valence-electron chi connectivity index (χ1n) is 7.97. The maximum Gasteiger partial charge on any atom is 0.243 e. The molecule has 0 aromatic carbocycles. The number of carbonyl (C=O) groups excluding carboxylic acids is 2. The first kappa shape index (κ1) is 17.8. The number of aryl methyl sites for hydroxylation is 1. The fourth-order valence-corrected chi connectivity index (χ4v) is 3.65. The van der Waals surface area contributed by atoms with Gasteiger partial charge >= 0.3 is 0 Å². The van der Waals surface area contributed by atoms with Gasteiger partial charge in [-0.25, -0.2) is 4.98 Å². The van der Waals surface area contributed by atoms with Crippen LogP contribution in [0, 0.1) is 5.41 Å². The molecule has 1 fully saturated rings. The largest absolute Gasteiger partial charge is 0.354 e. The summed E-state index contributed by atoms with van der Waals surface area (Å²) in [7, 11) is 0. The molecule has 0 spiro atoms. The summed E-state index contributed by atoms with van der Waals surface area (Å²) in [5.74, 6) is 1.33. The SMILES string of the molecule is CC(C)(C)CC(=O)N1CSCC1C(=O)NCCCn1ccnc1. The van der Waals surface area contributed by atoms with Crippen molar-refractivity contribution in [1.29, 1.82) is 0 Å². The Balaban J connectivity index is 1.77. The molecule has 1 aliphatic rings. The molecular formula is C16H26N4O2S. The highest BCUT2D eigenvalue weighted by Crippen LogP contribution is 2.26. The Morgan fingerprint density at radius 2 is 2.17 bits per heavy atom. The van der Waals surface area contributed by atoms with Crippen molar-refractivity contribution in [2.24, 2.45) is 5.41 Å². The van der Waals surface area contributed by atoms with Crippen LogP contribution in [-0.4, -0.2) is 50.5 Å². The zero-order valence-corrected chi connectivity index (χ0v) is 14.9. The third-order valence-corrected chi connectivity index (χ3v) is 4.65. The van der Waals surface area contributed by atoms with Crippen LogP contribution in [0.2, 0.25) is 0 Å². The van der Waals surface area contributed by atoms with Gasteiger partial charge in [0.25, 0.3) is 0 Å². The minimum absolute atomic E-state index is 0.0390. The van der Waals surface area contributed by atoms with Gasteiger partial charge in [-0.15, -0.1) is 11.8 Å². The van der Waals surface area contributed by atoms with E-state index in [9.17, 15) is 9.59 Å². The second-order valence-electron chi connectivity index (χ2n) is 7.06. The minimum Gasteiger partial charge on any atom is -0.354 e. The van der Waals surface area contributed by atoms with Crippen molar-refractivity contribution >= 4 is 23.6 Å². The molecule has 1 N–H and O–H groups in total. The molecule has 0 bridgehead atoms. The number of thioether (sulfide) groups is 1. The lowest BCUT2D eigenvalue weighted by molar-refractivity contribution is -0.139. The van der Waals surface area contributed by atoms with E-state index in [1.54, 1.807) is 29.2 Å². The van der Waals surface area contributed by atoms with Gasteiger partial charge in [-0.05, 0) is 11.8 Å². The van der Waals surface area contributed by atoms with Crippen molar-refractivity contribution < 1.29 is 9.59 Å². The van der Waals surface area contributed by atoms with Crippen LogP contribution in [0.25, 0.3) is 0 Å². The van der Waals surface area contributed by atoms with Crippen molar-refractivity contribution in [1.82, 2.24) is 19.8 Å². The molecule has 1 aliphatic heterocycles. The predicted molar refractivity (Wildman–Crippen MR) is 91.9 cm³/mol. The number of aromatic nitrogens is 2. The standard InChI is InChI=1S/C16H26N4O2S/c1-16(2,3)9-14(21)20-12-23-10-13(20)15(22)18-5-4-7-19-8-6-17-11-19/h6,8,11,13H,4-5,7,9-10,12H2,1-3H3,(H,18,22). The van der Waals surface area contributed by atoms with Gasteiger partial charge in [-0.1, -0.05) is 20.8 Å². The Bertz CT molecular complexity index is 525. The molecule has 2 heterocycles. The average Bonchev–Trinajstić information content (AvgIpc) is 3.12. The molecule has 6 nitrogen and oxygen atoms in total. The zero-order valence-electron chi connectivity index (χ0n) is 14.1. The van der Waals surface area contributed by atoms with E-state index in [-0.39, 0.29) is 23.3 Å². The molecule has 0 radical (unpaired) electrons. The van der Waals surface area contributed by atoms with E-state index in [1.807, 2.05) is 31.5 Å². The molecular weight excluding hydrogens is 312 g/mol. The fraction of sp³-hybridized carbons (Fsp3) is 0.688. The van der Waals surface area contributed by atoms with Crippen molar-refractivity contribution in [2.45, 2.75) is 46.2 Å². The van der Waals surface area contributed by atoms with Crippen LogP contribution >= 0.6 is 11.8 Å². The summed E-state index contributed by atoms with van der Waals surface area (Å²) in [5.41, 5.74) is -0.0594. The van der Waals surface area contributed by atoms with E-state index in [0.29, 0.717) is 24.6 Å². The number of amides is 2. The van der Waals surface area contributed by atoms with E-state index in [0.717, 1.165) is 13.0 Å². The summed E-state index contributed by atoms with van der Waals surface area (Å²) >= 11 is 1.64. The first-order chi connectivity index (χ1) is 10.9. The number of nitrogens with one attached hydrogen (secondary N) is 1. The summed E-state index contributed by atoms with van der Waals surface area (Å²) in [6, 6.07) is -0.330. The third kappa shape index (κ3) is 5.57. The van der Waals surface area contributed by atoms with E-state index in [4.69, 9.17) is 0 Å². The van der Waals surface area contributed by atoms with Crippen LogP contribution in [0.3, 0.4) is 0 Å². The predicted octanol–water partition coefficient (Wildman–Crippen LogP) is 1.73. The average molecular weight is 338 g/mol. The van der Waals surface area contributed by atoms with Crippen LogP contribution in [0.15, 0.2) is 18.7 Å². The van der Waals surface area contributed by atoms with Crippen molar-refractivity contribution in [3.63, 3.8) is 0 Å². The number of hydrogen-bond donors (Lipinski definition) is 1. The van der Waals surface area contributed by atoms with Crippen molar-refractivity contribution in [3.05, 3.63) is 18.7 Å². The highest BCUT2D eigenvalue weighted by atomic mass is 32.2. The lowest BCUT2D eigenvalue weighted by atomic mass is 9.91. The molecule has 0 saturated carbocycles. The number of nitrogens with zero attached hydrogens (tertiary/aromatic N) is 3. The van der Waals surface area contributed by atoms with E-state index in [1.165, 1.54) is 0 Å². The van der Waals surface area contributed by atoms with Crippen molar-refractivity contribution in [3.8, 4) is 0 Å². The van der Waals surface area contributed by atoms with Gasteiger partial charge in [-0.2, -0.15) is 0 Å². The van der Waals surface area contributed by atoms with Gasteiger partial charge in [0.1, 0.15) is 6.04 Å². The van der Waals surface area contributed by atoms with Crippen LogP contribution in [0.1, 0.15) is 33.6 Å². The molecule has 1 unspecified atom stereocenters. The van der Waals surface area contributed by atoms with Gasteiger partial charge in [0.15, 0.2) is 0 Å². The second-order valence-corrected chi connectivity index (χ2v) is 8.06. The zero-order chi connectivity index (χ0) is 16.9. The molecule has 23 heavy (non-hydrogen) atoms. The van der Waals surface area contributed by atoms with Gasteiger partial charge in [-0.3, -0.25) is 9.59 Å². The molecule has 7 heteroatoms. The lowest BCUT2D eigenvalue weighted by Crippen LogP contribution is -2.48. The smallest absolute Gasteiger partial charge is 0.243 e. The molecule has 2 rings (SSSR count). The third-order valence-electron chi connectivity index (χ3n) is 3.64. The maximum absolute atomic E-state index is 12.4. The fourth-order valence-electron chi connectivity index (χ4n) is 2.47. The van der Waals surface area contributed by atoms with Crippen LogP contribution in [0.5, 0.6) is 0 Å². The van der Waals surface area contributed by atoms with Crippen LogP contribution in [-0.2, 0) is 16.1 Å². The first-order valence-corrected chi connectivity index (χ1v) is 9.13. The van der Waals surface area contributed by atoms with E-state index >= 15 is 0 Å². The molecule has 1 aromatic heterocycles. The van der Waals surface area contributed by atoms with Gasteiger partial charge < -0.3 is 14.8 Å². The monoisotopic (exact) mass is 338 g/mol. The Hall–Kier alpha value is -1.50. The molecule has 1 saturated heterocycles. The molecule has 128 valence electrons. The highest BCUT2D eigenvalue weighted by Gasteiger charge is 2.35. The van der Waals surface area contributed by atoms with Gasteiger partial charge in [0, 0.05) is 37.7 Å². The van der Waals surface area contributed by atoms with Gasteiger partial charge in [0.05, 0.1) is 12.2 Å². The molecule has 1 aromatic rings. The minimum atomic E-state index is -0.330. The quantitative estimate of drug-likeness (QED) is 0.802. The van der Waals surface area contributed by atoms with E-state index in [2.05, 4.69) is 10.3 Å². The summed E-state index contributed by atoms with van der Waals surface area (Å²) in [5, 5.41) is 2.95. The summed E-state index contributed by atoms with van der Waals surface area (Å²) in [6.45, 7) is 7.56. The summed E-state index contributed by atoms with van der Waals surface area (Å²) < 4.78 is 1.98. The van der Waals surface area contributed by atoms with E-state index < -0.39 is 0 Å². The maximum atomic E-state index is 12.4. The highest BCUT2D eigenvalue weighted by molar-refractivity contribution is 7.99. The van der Waals surface area contributed by atoms with Crippen molar-refractivity contribution in [2.75, 3.05) is 18.2 Å². The lowest BCUT2D eigenvalue weighted by Gasteiger charge is -2.26. The summed E-state index contributed by atoms with van der Waals surface area (Å²) in [6.07, 6.45) is 6.73. The number of rotatable bonds is 6. The Labute approximate surface area is 142 Å². The number of carbonyl (C=O) groups is 2. The second kappa shape index (κ2) is 7.86.